The van der Waals surface area contributed by atoms with E-state index in [1.54, 1.807) is 0 Å². The van der Waals surface area contributed by atoms with Crippen molar-refractivity contribution in [2.45, 2.75) is 39.5 Å². The maximum atomic E-state index is 11.3. The molecule has 0 aromatic rings. The molecule has 1 aliphatic carbocycles. The van der Waals surface area contributed by atoms with Crippen LogP contribution in [0, 0.1) is 11.8 Å². The monoisotopic (exact) mass is 168 g/mol. The van der Waals surface area contributed by atoms with Crippen LogP contribution in [-0.2, 0) is 9.59 Å². The molecule has 0 N–H and O–H groups in total. The Bertz CT molecular complexity index is 196. The highest BCUT2D eigenvalue weighted by atomic mass is 16.1. The number of carbonyl (C=O) groups is 2. The molecule has 1 saturated carbocycles. The molecule has 0 radical (unpaired) electrons. The molecule has 1 aliphatic rings. The Labute approximate surface area is 73.3 Å². The van der Waals surface area contributed by atoms with Crippen LogP contribution >= 0.6 is 0 Å². The topological polar surface area (TPSA) is 34.1 Å². The van der Waals surface area contributed by atoms with Gasteiger partial charge in [-0.3, -0.25) is 9.59 Å². The van der Waals surface area contributed by atoms with Crippen molar-refractivity contribution in [1.82, 2.24) is 0 Å². The molecule has 68 valence electrons. The molecule has 0 aromatic carbocycles. The maximum Gasteiger partial charge on any atom is 0.143 e. The molecule has 0 saturated heterocycles. The van der Waals surface area contributed by atoms with Crippen LogP contribution in [0.25, 0.3) is 0 Å². The van der Waals surface area contributed by atoms with Gasteiger partial charge in [0.25, 0.3) is 0 Å². The van der Waals surface area contributed by atoms with Crippen molar-refractivity contribution in [3.05, 3.63) is 0 Å². The largest absolute Gasteiger partial charge is 0.299 e. The average Bonchev–Trinajstić information content (AvgIpc) is 2.05. The van der Waals surface area contributed by atoms with Gasteiger partial charge in [0, 0.05) is 6.42 Å². The van der Waals surface area contributed by atoms with E-state index in [0.29, 0.717) is 12.3 Å². The normalized spacial score (nSPS) is 30.3. The van der Waals surface area contributed by atoms with Crippen LogP contribution in [0.3, 0.4) is 0 Å². The molecule has 2 atom stereocenters. The Hall–Kier alpha value is -0.660. The number of hydrogen-bond acceptors (Lipinski definition) is 2. The SMILES string of the molecule is CCC1CCC(=O)C(C(C)=O)C1. The summed E-state index contributed by atoms with van der Waals surface area (Å²) >= 11 is 0. The number of hydrogen-bond donors (Lipinski definition) is 0. The maximum absolute atomic E-state index is 11.3. The van der Waals surface area contributed by atoms with E-state index in [1.165, 1.54) is 6.92 Å². The molecule has 0 heterocycles. The summed E-state index contributed by atoms with van der Waals surface area (Å²) in [5, 5.41) is 0. The Morgan fingerprint density at radius 2 is 2.25 bits per heavy atom. The Morgan fingerprint density at radius 1 is 1.58 bits per heavy atom. The Morgan fingerprint density at radius 3 is 2.75 bits per heavy atom. The lowest BCUT2D eigenvalue weighted by molar-refractivity contribution is -0.134. The van der Waals surface area contributed by atoms with Gasteiger partial charge in [-0.05, 0) is 25.7 Å². The van der Waals surface area contributed by atoms with E-state index in [4.69, 9.17) is 0 Å². The summed E-state index contributed by atoms with van der Waals surface area (Å²) in [5.74, 6) is 0.533. The zero-order valence-corrected chi connectivity index (χ0v) is 7.80. The predicted molar refractivity (Wildman–Crippen MR) is 46.8 cm³/mol. The van der Waals surface area contributed by atoms with Gasteiger partial charge in [-0.2, -0.15) is 0 Å². The van der Waals surface area contributed by atoms with E-state index in [9.17, 15) is 9.59 Å². The lowest BCUT2D eigenvalue weighted by atomic mass is 9.78. The molecule has 12 heavy (non-hydrogen) atoms. The van der Waals surface area contributed by atoms with Crippen LogP contribution in [0.5, 0.6) is 0 Å². The van der Waals surface area contributed by atoms with Gasteiger partial charge in [0.05, 0.1) is 5.92 Å². The van der Waals surface area contributed by atoms with E-state index >= 15 is 0 Å². The van der Waals surface area contributed by atoms with Gasteiger partial charge >= 0.3 is 0 Å². The number of Topliss-reactive ketones (excluding diaryl/α,β-unsaturated/α-hetero) is 2. The van der Waals surface area contributed by atoms with Gasteiger partial charge in [0.2, 0.25) is 0 Å². The van der Waals surface area contributed by atoms with Crippen LogP contribution in [0.2, 0.25) is 0 Å². The second kappa shape index (κ2) is 3.83. The van der Waals surface area contributed by atoms with Gasteiger partial charge in [0.15, 0.2) is 0 Å². The molecular weight excluding hydrogens is 152 g/mol. The molecule has 2 heteroatoms. The average molecular weight is 168 g/mol. The summed E-state index contributed by atoms with van der Waals surface area (Å²) in [6.45, 7) is 3.65. The molecule has 0 amide bonds. The molecule has 0 aliphatic heterocycles. The fraction of sp³-hybridized carbons (Fsp3) is 0.800. The van der Waals surface area contributed by atoms with Gasteiger partial charge in [-0.15, -0.1) is 0 Å². The minimum Gasteiger partial charge on any atom is -0.299 e. The van der Waals surface area contributed by atoms with E-state index in [2.05, 4.69) is 6.92 Å². The quantitative estimate of drug-likeness (QED) is 0.591. The van der Waals surface area contributed by atoms with Crippen LogP contribution in [0.4, 0.5) is 0 Å². The molecule has 0 aromatic heterocycles. The molecular formula is C10H16O2. The van der Waals surface area contributed by atoms with E-state index in [-0.39, 0.29) is 17.5 Å². The van der Waals surface area contributed by atoms with Crippen molar-refractivity contribution in [1.29, 1.82) is 0 Å². The molecule has 0 bridgehead atoms. The van der Waals surface area contributed by atoms with Crippen LogP contribution in [0.15, 0.2) is 0 Å². The van der Waals surface area contributed by atoms with Crippen LogP contribution in [-0.4, -0.2) is 11.6 Å². The van der Waals surface area contributed by atoms with Gasteiger partial charge in [-0.25, -0.2) is 0 Å². The third-order valence-electron chi connectivity index (χ3n) is 2.82. The van der Waals surface area contributed by atoms with Gasteiger partial charge in [0.1, 0.15) is 11.6 Å². The molecule has 0 spiro atoms. The lowest BCUT2D eigenvalue weighted by Crippen LogP contribution is -2.29. The zero-order chi connectivity index (χ0) is 9.14. The van der Waals surface area contributed by atoms with Crippen LogP contribution < -0.4 is 0 Å². The van der Waals surface area contributed by atoms with Crippen LogP contribution in [0.1, 0.15) is 39.5 Å². The van der Waals surface area contributed by atoms with Gasteiger partial charge < -0.3 is 0 Å². The van der Waals surface area contributed by atoms with Crippen molar-refractivity contribution in [3.63, 3.8) is 0 Å². The molecule has 1 rings (SSSR count). The number of rotatable bonds is 2. The Kier molecular flexibility index (Phi) is 3.01. The summed E-state index contributed by atoms with van der Waals surface area (Å²) in [6, 6.07) is 0. The van der Waals surface area contributed by atoms with E-state index in [0.717, 1.165) is 19.3 Å². The predicted octanol–water partition coefficient (Wildman–Crippen LogP) is 1.97. The zero-order valence-electron chi connectivity index (χ0n) is 7.80. The van der Waals surface area contributed by atoms with Crippen molar-refractivity contribution in [3.8, 4) is 0 Å². The molecule has 2 unspecified atom stereocenters. The summed E-state index contributed by atoms with van der Waals surface area (Å²) in [6.07, 6.45) is 3.49. The van der Waals surface area contributed by atoms with Crippen molar-refractivity contribution in [2.75, 3.05) is 0 Å². The summed E-state index contributed by atoms with van der Waals surface area (Å²) in [7, 11) is 0. The third-order valence-corrected chi connectivity index (χ3v) is 2.82. The number of carbonyl (C=O) groups excluding carboxylic acids is 2. The van der Waals surface area contributed by atoms with Crippen molar-refractivity contribution >= 4 is 11.6 Å². The molecule has 2 nitrogen and oxygen atoms in total. The first-order valence-electron chi connectivity index (χ1n) is 4.68. The van der Waals surface area contributed by atoms with Crippen molar-refractivity contribution < 1.29 is 9.59 Å². The van der Waals surface area contributed by atoms with Gasteiger partial charge in [-0.1, -0.05) is 13.3 Å². The van der Waals surface area contributed by atoms with E-state index in [1.807, 2.05) is 0 Å². The fourth-order valence-electron chi connectivity index (χ4n) is 1.87. The second-order valence-electron chi connectivity index (χ2n) is 3.68. The summed E-state index contributed by atoms with van der Waals surface area (Å²) in [5.41, 5.74) is 0. The highest BCUT2D eigenvalue weighted by Gasteiger charge is 2.30. The highest BCUT2D eigenvalue weighted by molar-refractivity contribution is 6.01. The highest BCUT2D eigenvalue weighted by Crippen LogP contribution is 2.28. The first-order valence-corrected chi connectivity index (χ1v) is 4.68. The minimum atomic E-state index is -0.274. The molecule has 1 fully saturated rings. The summed E-state index contributed by atoms with van der Waals surface area (Å²) in [4.78, 5) is 22.3. The standard InChI is InChI=1S/C10H16O2/c1-3-8-4-5-10(12)9(6-8)7(2)11/h8-9H,3-6H2,1-2H3. The fourth-order valence-corrected chi connectivity index (χ4v) is 1.87. The van der Waals surface area contributed by atoms with E-state index < -0.39 is 0 Å². The Balaban J connectivity index is 2.59. The van der Waals surface area contributed by atoms with Crippen molar-refractivity contribution in [2.24, 2.45) is 11.8 Å². The first kappa shape index (κ1) is 9.43. The smallest absolute Gasteiger partial charge is 0.143 e. The first-order chi connectivity index (χ1) is 5.65. The summed E-state index contributed by atoms with van der Waals surface area (Å²) < 4.78 is 0. The third kappa shape index (κ3) is 1.93. The number of ketones is 2. The minimum absolute atomic E-state index is 0.0538. The second-order valence-corrected chi connectivity index (χ2v) is 3.68. The lowest BCUT2D eigenvalue weighted by Gasteiger charge is -2.25.